The molecule has 2 aromatic heterocycles. The lowest BCUT2D eigenvalue weighted by atomic mass is 10.2. The Kier molecular flexibility index (Phi) is 7.62. The molecule has 0 aliphatic carbocycles. The first-order valence-electron chi connectivity index (χ1n) is 9.37. The van der Waals surface area contributed by atoms with Crippen LogP contribution >= 0.6 is 23.2 Å². The van der Waals surface area contributed by atoms with Gasteiger partial charge in [0.15, 0.2) is 0 Å². The summed E-state index contributed by atoms with van der Waals surface area (Å²) in [5, 5.41) is 6.07. The number of benzene rings is 1. The van der Waals surface area contributed by atoms with Crippen LogP contribution in [0.5, 0.6) is 0 Å². The van der Waals surface area contributed by atoms with Crippen LogP contribution in [-0.4, -0.2) is 35.6 Å². The summed E-state index contributed by atoms with van der Waals surface area (Å²) in [4.78, 5) is 28.3. The van der Waals surface area contributed by atoms with Gasteiger partial charge in [0.1, 0.15) is 11.6 Å². The monoisotopic (exact) mass is 495 g/mol. The van der Waals surface area contributed by atoms with Crippen molar-refractivity contribution in [3.8, 4) is 0 Å². The van der Waals surface area contributed by atoms with Crippen LogP contribution in [0.3, 0.4) is 0 Å². The Morgan fingerprint density at radius 3 is 2.59 bits per heavy atom. The van der Waals surface area contributed by atoms with E-state index in [1.54, 1.807) is 31.5 Å². The second-order valence-corrected chi connectivity index (χ2v) is 9.32. The van der Waals surface area contributed by atoms with Gasteiger partial charge in [-0.15, -0.1) is 0 Å². The average molecular weight is 496 g/mol. The highest BCUT2D eigenvalue weighted by Gasteiger charge is 2.18. The number of anilines is 1. The topological polar surface area (TPSA) is 123 Å². The molecule has 2 heterocycles. The summed E-state index contributed by atoms with van der Waals surface area (Å²) in [7, 11) is -3.81. The van der Waals surface area contributed by atoms with E-state index in [0.717, 1.165) is 16.4 Å². The molecule has 0 saturated carbocycles. The van der Waals surface area contributed by atoms with E-state index in [4.69, 9.17) is 23.2 Å². The van der Waals surface area contributed by atoms with Crippen molar-refractivity contribution in [1.82, 2.24) is 19.5 Å². The predicted molar refractivity (Wildman–Crippen MR) is 121 cm³/mol. The third-order valence-electron chi connectivity index (χ3n) is 4.45. The SMILES string of the molecule is Cc1ccc(NC(=O)Cn2ncc(Cl)c(Cl)c2=O)cc1S(=O)(=O)NCCc1ccncc1. The molecule has 9 nitrogen and oxygen atoms in total. The molecule has 3 aromatic rings. The quantitative estimate of drug-likeness (QED) is 0.494. The van der Waals surface area contributed by atoms with Gasteiger partial charge < -0.3 is 5.32 Å². The molecule has 0 spiro atoms. The van der Waals surface area contributed by atoms with E-state index in [9.17, 15) is 18.0 Å². The highest BCUT2D eigenvalue weighted by molar-refractivity contribution is 7.89. The number of hydrogen-bond acceptors (Lipinski definition) is 6. The van der Waals surface area contributed by atoms with Gasteiger partial charge in [0.25, 0.3) is 5.56 Å². The first-order valence-corrected chi connectivity index (χ1v) is 11.6. The molecule has 1 aromatic carbocycles. The van der Waals surface area contributed by atoms with Crippen LogP contribution in [0, 0.1) is 6.92 Å². The van der Waals surface area contributed by atoms with Crippen LogP contribution < -0.4 is 15.6 Å². The lowest BCUT2D eigenvalue weighted by Crippen LogP contribution is -2.30. The van der Waals surface area contributed by atoms with Gasteiger partial charge in [-0.2, -0.15) is 5.10 Å². The fourth-order valence-electron chi connectivity index (χ4n) is 2.82. The van der Waals surface area contributed by atoms with E-state index in [-0.39, 0.29) is 27.2 Å². The molecule has 0 radical (unpaired) electrons. The van der Waals surface area contributed by atoms with Gasteiger partial charge >= 0.3 is 0 Å². The zero-order valence-corrected chi connectivity index (χ0v) is 19.2. The Balaban J connectivity index is 1.70. The molecular weight excluding hydrogens is 477 g/mol. The van der Waals surface area contributed by atoms with E-state index in [0.29, 0.717) is 12.0 Å². The van der Waals surface area contributed by atoms with Crippen LogP contribution in [0.15, 0.2) is 58.6 Å². The van der Waals surface area contributed by atoms with E-state index in [1.807, 2.05) is 12.1 Å². The number of halogens is 2. The second kappa shape index (κ2) is 10.2. The number of aromatic nitrogens is 3. The Hall–Kier alpha value is -2.79. The number of carbonyl (C=O) groups excluding carboxylic acids is 1. The summed E-state index contributed by atoms with van der Waals surface area (Å²) in [5.74, 6) is -0.587. The van der Waals surface area contributed by atoms with Gasteiger partial charge in [-0.25, -0.2) is 17.8 Å². The van der Waals surface area contributed by atoms with Gasteiger partial charge in [0.2, 0.25) is 15.9 Å². The summed E-state index contributed by atoms with van der Waals surface area (Å²) in [6, 6.07) is 8.12. The number of aryl methyl sites for hydroxylation is 1. The highest BCUT2D eigenvalue weighted by atomic mass is 35.5. The summed E-state index contributed by atoms with van der Waals surface area (Å²) in [6.45, 7) is 1.44. The summed E-state index contributed by atoms with van der Waals surface area (Å²) < 4.78 is 29.0. The lowest BCUT2D eigenvalue weighted by molar-refractivity contribution is -0.117. The normalized spacial score (nSPS) is 11.3. The van der Waals surface area contributed by atoms with Gasteiger partial charge in [0, 0.05) is 24.6 Å². The summed E-state index contributed by atoms with van der Waals surface area (Å²) >= 11 is 11.5. The molecule has 12 heteroatoms. The minimum atomic E-state index is -3.81. The molecular formula is C20H19Cl2N5O4S. The molecule has 3 rings (SSSR count). The fourth-order valence-corrected chi connectivity index (χ4v) is 4.39. The zero-order chi connectivity index (χ0) is 23.3. The molecule has 0 fully saturated rings. The number of nitrogens with zero attached hydrogens (tertiary/aromatic N) is 3. The Bertz CT molecular complexity index is 1300. The minimum absolute atomic E-state index is 0.0156. The molecule has 0 saturated heterocycles. The zero-order valence-electron chi connectivity index (χ0n) is 16.9. The van der Waals surface area contributed by atoms with E-state index in [2.05, 4.69) is 20.1 Å². The number of nitrogens with one attached hydrogen (secondary N) is 2. The third kappa shape index (κ3) is 5.92. The van der Waals surface area contributed by atoms with Crippen LogP contribution in [-0.2, 0) is 27.8 Å². The van der Waals surface area contributed by atoms with Crippen molar-refractivity contribution >= 4 is 44.8 Å². The molecule has 32 heavy (non-hydrogen) atoms. The van der Waals surface area contributed by atoms with Crippen molar-refractivity contribution < 1.29 is 13.2 Å². The second-order valence-electron chi connectivity index (χ2n) is 6.80. The number of pyridine rings is 1. The number of hydrogen-bond donors (Lipinski definition) is 2. The molecule has 1 amide bonds. The molecule has 2 N–H and O–H groups in total. The molecule has 0 unspecified atom stereocenters. The molecule has 0 aliphatic rings. The number of sulfonamides is 1. The average Bonchev–Trinajstić information content (AvgIpc) is 2.76. The smallest absolute Gasteiger partial charge is 0.287 e. The van der Waals surface area contributed by atoms with E-state index >= 15 is 0 Å². The molecule has 0 aliphatic heterocycles. The predicted octanol–water partition coefficient (Wildman–Crippen LogP) is 2.41. The molecule has 0 bridgehead atoms. The van der Waals surface area contributed by atoms with Crippen molar-refractivity contribution in [2.24, 2.45) is 0 Å². The number of amides is 1. The van der Waals surface area contributed by atoms with Crippen molar-refractivity contribution in [3.05, 3.63) is 80.4 Å². The highest BCUT2D eigenvalue weighted by Crippen LogP contribution is 2.20. The first kappa shape index (κ1) is 23.9. The maximum atomic E-state index is 12.8. The number of carbonyl (C=O) groups is 1. The van der Waals surface area contributed by atoms with E-state index < -0.39 is 28.0 Å². The van der Waals surface area contributed by atoms with Crippen LogP contribution in [0.2, 0.25) is 10.0 Å². The Morgan fingerprint density at radius 2 is 1.88 bits per heavy atom. The van der Waals surface area contributed by atoms with Crippen molar-refractivity contribution in [2.75, 3.05) is 11.9 Å². The Labute approximate surface area is 194 Å². The third-order valence-corrected chi connectivity index (χ3v) is 6.80. The summed E-state index contributed by atoms with van der Waals surface area (Å²) in [5.41, 5.74) is 1.01. The number of rotatable bonds is 8. The van der Waals surface area contributed by atoms with Crippen molar-refractivity contribution in [3.63, 3.8) is 0 Å². The largest absolute Gasteiger partial charge is 0.324 e. The first-order chi connectivity index (χ1) is 15.2. The van der Waals surface area contributed by atoms with Gasteiger partial charge in [0.05, 0.1) is 16.1 Å². The molecule has 168 valence electrons. The molecule has 0 atom stereocenters. The summed E-state index contributed by atoms with van der Waals surface area (Å²) in [6.07, 6.45) is 4.94. The minimum Gasteiger partial charge on any atom is -0.324 e. The van der Waals surface area contributed by atoms with E-state index in [1.165, 1.54) is 6.07 Å². The van der Waals surface area contributed by atoms with Crippen molar-refractivity contribution in [1.29, 1.82) is 0 Å². The fraction of sp³-hybridized carbons (Fsp3) is 0.200. The Morgan fingerprint density at radius 1 is 1.16 bits per heavy atom. The van der Waals surface area contributed by atoms with Crippen molar-refractivity contribution in [2.45, 2.75) is 24.8 Å². The van der Waals surface area contributed by atoms with Gasteiger partial charge in [-0.05, 0) is 48.7 Å². The van der Waals surface area contributed by atoms with Gasteiger partial charge in [-0.3, -0.25) is 14.6 Å². The standard InChI is InChI=1S/C20H19Cl2N5O4S/c1-13-2-3-15(26-18(28)12-27-20(29)19(22)16(21)11-24-27)10-17(13)32(30,31)25-9-6-14-4-7-23-8-5-14/h2-5,7-8,10-11,25H,6,9,12H2,1H3,(H,26,28). The van der Waals surface area contributed by atoms with Crippen LogP contribution in [0.4, 0.5) is 5.69 Å². The lowest BCUT2D eigenvalue weighted by Gasteiger charge is -2.12. The maximum absolute atomic E-state index is 12.8. The van der Waals surface area contributed by atoms with Crippen LogP contribution in [0.1, 0.15) is 11.1 Å². The maximum Gasteiger partial charge on any atom is 0.287 e. The van der Waals surface area contributed by atoms with Crippen LogP contribution in [0.25, 0.3) is 0 Å². The van der Waals surface area contributed by atoms with Gasteiger partial charge in [-0.1, -0.05) is 29.3 Å².